The zero-order valence-electron chi connectivity index (χ0n) is 5.36. The normalized spacial score (nSPS) is 6.00. The Labute approximate surface area is 65.7 Å². The molecule has 0 atom stereocenters. The van der Waals surface area contributed by atoms with Crippen LogP contribution in [-0.4, -0.2) is 13.1 Å². The van der Waals surface area contributed by atoms with Crippen LogP contribution in [0.2, 0.25) is 0 Å². The summed E-state index contributed by atoms with van der Waals surface area (Å²) in [5.74, 6) is 0. The molecule has 0 rings (SSSR count). The smallest absolute Gasteiger partial charge is 0 e. The van der Waals surface area contributed by atoms with Crippen molar-refractivity contribution in [3.63, 3.8) is 0 Å². The molecule has 0 amide bonds. The molecule has 0 aliphatic carbocycles. The first-order valence-corrected chi connectivity index (χ1v) is 2.05. The van der Waals surface area contributed by atoms with Gasteiger partial charge < -0.3 is 12.7 Å². The molecule has 7 heavy (non-hydrogen) atoms. The van der Waals surface area contributed by atoms with Crippen molar-refractivity contribution in [2.75, 3.05) is 13.1 Å². The van der Waals surface area contributed by atoms with Gasteiger partial charge in [-0.25, -0.2) is 0 Å². The maximum absolute atomic E-state index is 3.97. The van der Waals surface area contributed by atoms with Crippen LogP contribution in [-0.2, 0) is 25.8 Å². The molecule has 0 aliphatic rings. The fourth-order valence-electron chi connectivity index (χ4n) is 0.224. The molecule has 0 saturated carbocycles. The van der Waals surface area contributed by atoms with E-state index in [-0.39, 0.29) is 33.3 Å². The van der Waals surface area contributed by atoms with Gasteiger partial charge in [0.1, 0.15) is 0 Å². The molecule has 0 unspecified atom stereocenters. The average Bonchev–Trinajstić information content (AvgIpc) is 1.41. The fraction of sp³-hybridized carbons (Fsp3) is 0.800. The van der Waals surface area contributed by atoms with Gasteiger partial charge in [0.2, 0.25) is 0 Å². The summed E-state index contributed by atoms with van der Waals surface area (Å²) in [6.45, 7) is 6.03. The van der Waals surface area contributed by atoms with Gasteiger partial charge in [0.25, 0.3) is 0 Å². The second kappa shape index (κ2) is 15.8. The summed E-state index contributed by atoms with van der Waals surface area (Å²) in [5.41, 5.74) is 0. The SMILES string of the molecule is CC[N-]CC.[CH3-].[Hf]. The molecule has 0 aliphatic heterocycles. The molecule has 0 saturated heterocycles. The Balaban J connectivity index is -0.0000000800. The largest absolute Gasteiger partial charge is 0.663 e. The van der Waals surface area contributed by atoms with Crippen LogP contribution in [0, 0.1) is 7.43 Å². The Morgan fingerprint density at radius 1 is 1.14 bits per heavy atom. The second-order valence-electron chi connectivity index (χ2n) is 0.856. The van der Waals surface area contributed by atoms with Gasteiger partial charge in [0.05, 0.1) is 0 Å². The van der Waals surface area contributed by atoms with E-state index in [0.29, 0.717) is 0 Å². The summed E-state index contributed by atoms with van der Waals surface area (Å²) >= 11 is 0. The molecule has 0 aromatic heterocycles. The van der Waals surface area contributed by atoms with E-state index >= 15 is 0 Å². The molecule has 0 spiro atoms. The van der Waals surface area contributed by atoms with Crippen molar-refractivity contribution >= 4 is 0 Å². The first-order valence-electron chi connectivity index (χ1n) is 2.05. The number of hydrogen-bond acceptors (Lipinski definition) is 0. The van der Waals surface area contributed by atoms with Gasteiger partial charge in [-0.2, -0.15) is 13.1 Å². The van der Waals surface area contributed by atoms with E-state index in [1.165, 1.54) is 0 Å². The monoisotopic (exact) mass is 267 g/mol. The fourth-order valence-corrected chi connectivity index (χ4v) is 0.224. The molecule has 0 aromatic rings. The summed E-state index contributed by atoms with van der Waals surface area (Å²) in [5, 5.41) is 3.97. The topological polar surface area (TPSA) is 14.1 Å². The van der Waals surface area contributed by atoms with E-state index in [1.54, 1.807) is 0 Å². The quantitative estimate of drug-likeness (QED) is 0.534. The predicted octanol–water partition coefficient (Wildman–Crippen LogP) is 1.85. The van der Waals surface area contributed by atoms with Gasteiger partial charge in [-0.1, -0.05) is 13.8 Å². The maximum atomic E-state index is 3.97. The summed E-state index contributed by atoms with van der Waals surface area (Å²) in [7, 11) is 0. The van der Waals surface area contributed by atoms with Crippen LogP contribution in [0.15, 0.2) is 0 Å². The zero-order valence-corrected chi connectivity index (χ0v) is 8.95. The third-order valence-corrected chi connectivity index (χ3v) is 0.447. The summed E-state index contributed by atoms with van der Waals surface area (Å²) in [6.07, 6.45) is 0. The Kier molecular flexibility index (Phi) is 35.4. The maximum Gasteiger partial charge on any atom is 0 e. The van der Waals surface area contributed by atoms with Crippen molar-refractivity contribution in [1.82, 2.24) is 0 Å². The minimum absolute atomic E-state index is 0. The molecule has 1 nitrogen and oxygen atoms in total. The molecule has 2 heteroatoms. The third-order valence-electron chi connectivity index (χ3n) is 0.447. The first kappa shape index (κ1) is 15.7. The van der Waals surface area contributed by atoms with Crippen molar-refractivity contribution in [3.8, 4) is 0 Å². The molecule has 0 radical (unpaired) electrons. The Bertz CT molecular complexity index is 15.6. The van der Waals surface area contributed by atoms with Crippen LogP contribution in [0.25, 0.3) is 5.32 Å². The van der Waals surface area contributed by atoms with E-state index in [0.717, 1.165) is 13.1 Å². The predicted molar refractivity (Wildman–Crippen MR) is 30.9 cm³/mol. The minimum atomic E-state index is 0. The van der Waals surface area contributed by atoms with Crippen molar-refractivity contribution in [2.24, 2.45) is 0 Å². The number of hydrogen-bond donors (Lipinski definition) is 0. The van der Waals surface area contributed by atoms with Crippen molar-refractivity contribution in [1.29, 1.82) is 0 Å². The molecule has 0 aromatic carbocycles. The first-order chi connectivity index (χ1) is 2.41. The Morgan fingerprint density at radius 2 is 1.43 bits per heavy atom. The van der Waals surface area contributed by atoms with Crippen LogP contribution < -0.4 is 0 Å². The van der Waals surface area contributed by atoms with E-state index in [4.69, 9.17) is 0 Å². The van der Waals surface area contributed by atoms with Crippen LogP contribution in [0.3, 0.4) is 0 Å². The number of rotatable bonds is 2. The molecule has 44 valence electrons. The Hall–Kier alpha value is 0.830. The molecule has 0 fully saturated rings. The molecule has 0 bridgehead atoms. The third kappa shape index (κ3) is 19.9. The standard InChI is InChI=1S/C4H10N.CH3.Hf/c1-3-5-4-2;;/h3-4H2,1-2H3;1H3;/q2*-1;. The van der Waals surface area contributed by atoms with Gasteiger partial charge in [-0.05, 0) is 0 Å². The second-order valence-corrected chi connectivity index (χ2v) is 0.856. The Morgan fingerprint density at radius 3 is 1.43 bits per heavy atom. The van der Waals surface area contributed by atoms with Gasteiger partial charge in [0, 0.05) is 25.8 Å². The van der Waals surface area contributed by atoms with Gasteiger partial charge in [0.15, 0.2) is 0 Å². The summed E-state index contributed by atoms with van der Waals surface area (Å²) in [4.78, 5) is 0. The van der Waals surface area contributed by atoms with E-state index in [1.807, 2.05) is 13.8 Å². The summed E-state index contributed by atoms with van der Waals surface area (Å²) < 4.78 is 0. The molecule has 0 heterocycles. The minimum Gasteiger partial charge on any atom is -0.663 e. The van der Waals surface area contributed by atoms with Crippen LogP contribution in [0.1, 0.15) is 13.8 Å². The van der Waals surface area contributed by atoms with Crippen molar-refractivity contribution < 1.29 is 25.8 Å². The van der Waals surface area contributed by atoms with Crippen LogP contribution in [0.4, 0.5) is 0 Å². The zero-order chi connectivity index (χ0) is 4.12. The van der Waals surface area contributed by atoms with E-state index in [2.05, 4.69) is 5.32 Å². The van der Waals surface area contributed by atoms with Crippen LogP contribution >= 0.6 is 0 Å². The van der Waals surface area contributed by atoms with Crippen molar-refractivity contribution in [2.45, 2.75) is 13.8 Å². The van der Waals surface area contributed by atoms with Crippen molar-refractivity contribution in [3.05, 3.63) is 12.7 Å². The summed E-state index contributed by atoms with van der Waals surface area (Å²) in [6, 6.07) is 0. The molecular weight excluding hydrogens is 253 g/mol. The van der Waals surface area contributed by atoms with Gasteiger partial charge >= 0.3 is 0 Å². The van der Waals surface area contributed by atoms with Gasteiger partial charge in [-0.15, -0.1) is 0 Å². The number of nitrogens with zero attached hydrogens (tertiary/aromatic N) is 1. The molecular formula is C5H13HfN-2. The van der Waals surface area contributed by atoms with E-state index in [9.17, 15) is 0 Å². The average molecular weight is 266 g/mol. The molecule has 0 N–H and O–H groups in total. The van der Waals surface area contributed by atoms with E-state index < -0.39 is 0 Å². The van der Waals surface area contributed by atoms with Crippen LogP contribution in [0.5, 0.6) is 0 Å². The van der Waals surface area contributed by atoms with Gasteiger partial charge in [-0.3, -0.25) is 0 Å².